The molecule has 0 saturated heterocycles. The lowest BCUT2D eigenvalue weighted by molar-refractivity contribution is 0.0953. The quantitative estimate of drug-likeness (QED) is 0.242. The average molecular weight is 583 g/mol. The predicted octanol–water partition coefficient (Wildman–Crippen LogP) is 4.31. The van der Waals surface area contributed by atoms with E-state index in [4.69, 9.17) is 27.1 Å². The van der Waals surface area contributed by atoms with E-state index < -0.39 is 11.1 Å². The lowest BCUT2D eigenvalue weighted by Crippen LogP contribution is -2.43. The number of unbranched alkanes of at least 4 members (excludes halogenated alkanes) is 1. The zero-order chi connectivity index (χ0) is 30.5. The number of hydrogen-bond donors (Lipinski definition) is 4. The Morgan fingerprint density at radius 2 is 2.05 bits per heavy atom. The van der Waals surface area contributed by atoms with Gasteiger partial charge in [-0.05, 0) is 55.2 Å². The maximum atomic E-state index is 12.9. The Bertz CT molecular complexity index is 1920. The predicted molar refractivity (Wildman–Crippen MR) is 172 cm³/mol. The van der Waals surface area contributed by atoms with Gasteiger partial charge in [0.1, 0.15) is 0 Å². The number of anilines is 1. The van der Waals surface area contributed by atoms with E-state index in [1.54, 1.807) is 31.3 Å². The number of terminal acetylenes is 1. The van der Waals surface area contributed by atoms with Crippen LogP contribution in [0.15, 0.2) is 87.8 Å². The SMILES string of the molecule is C#CCCCNC(=O)c1ccc(C2(c3[nH]c(N)nc3C3=CCC(C)(O)C=C3)N=C3N=CC=C4c5ccccc5N=C2N43)cc1. The molecule has 1 amide bonds. The van der Waals surface area contributed by atoms with E-state index in [0.29, 0.717) is 54.6 Å². The van der Waals surface area contributed by atoms with Crippen LogP contribution in [0.3, 0.4) is 0 Å². The summed E-state index contributed by atoms with van der Waals surface area (Å²) < 4.78 is 0. The number of allylic oxidation sites excluding steroid dienone is 3. The number of aliphatic imine (C=N–C) groups is 3. The van der Waals surface area contributed by atoms with Crippen LogP contribution in [0.5, 0.6) is 0 Å². The molecular formula is C34H30N8O2. The Morgan fingerprint density at radius 1 is 1.23 bits per heavy atom. The summed E-state index contributed by atoms with van der Waals surface area (Å²) in [5.41, 5.74) is 10.1. The van der Waals surface area contributed by atoms with Gasteiger partial charge in [0.2, 0.25) is 5.96 Å². The fourth-order valence-corrected chi connectivity index (χ4v) is 5.93. The number of fused-ring (bicyclic) bond motifs is 2. The van der Waals surface area contributed by atoms with Crippen molar-refractivity contribution in [2.24, 2.45) is 15.0 Å². The number of aromatic amines is 1. The number of nitrogens with zero attached hydrogens (tertiary/aromatic N) is 5. The zero-order valence-corrected chi connectivity index (χ0v) is 24.1. The Kier molecular flexibility index (Phi) is 6.41. The number of aromatic nitrogens is 2. The number of nitrogen functional groups attached to an aromatic ring is 1. The second-order valence-corrected chi connectivity index (χ2v) is 11.3. The molecule has 44 heavy (non-hydrogen) atoms. The molecule has 3 aromatic rings. The number of aliphatic hydroxyl groups is 1. The maximum Gasteiger partial charge on any atom is 0.251 e. The molecule has 1 aliphatic carbocycles. The van der Waals surface area contributed by atoms with Crippen LogP contribution in [0.2, 0.25) is 0 Å². The van der Waals surface area contributed by atoms with Gasteiger partial charge in [0.05, 0.1) is 28.4 Å². The normalized spacial score (nSPS) is 22.7. The number of benzene rings is 2. The summed E-state index contributed by atoms with van der Waals surface area (Å²) >= 11 is 0. The number of rotatable bonds is 7. The Morgan fingerprint density at radius 3 is 2.82 bits per heavy atom. The summed E-state index contributed by atoms with van der Waals surface area (Å²) in [5.74, 6) is 3.70. The lowest BCUT2D eigenvalue weighted by Gasteiger charge is -2.35. The highest BCUT2D eigenvalue weighted by atomic mass is 16.3. The summed E-state index contributed by atoms with van der Waals surface area (Å²) in [6, 6.07) is 15.2. The third-order valence-electron chi connectivity index (χ3n) is 8.14. The highest BCUT2D eigenvalue weighted by Gasteiger charge is 2.54. The molecular weight excluding hydrogens is 552 g/mol. The second kappa shape index (κ2) is 10.3. The van der Waals surface area contributed by atoms with Gasteiger partial charge in [-0.3, -0.25) is 9.69 Å². The smallest absolute Gasteiger partial charge is 0.251 e. The fraction of sp³-hybridized carbons (Fsp3) is 0.206. The molecule has 2 aromatic carbocycles. The summed E-state index contributed by atoms with van der Waals surface area (Å²) in [6.07, 6.45) is 16.3. The van der Waals surface area contributed by atoms with E-state index in [1.165, 1.54) is 0 Å². The topological polar surface area (TPSA) is 144 Å². The number of guanidine groups is 1. The summed E-state index contributed by atoms with van der Waals surface area (Å²) in [4.78, 5) is 38.0. The molecule has 7 rings (SSSR count). The van der Waals surface area contributed by atoms with Crippen LogP contribution in [-0.2, 0) is 5.54 Å². The highest BCUT2D eigenvalue weighted by Crippen LogP contribution is 2.50. The minimum Gasteiger partial charge on any atom is -0.386 e. The van der Waals surface area contributed by atoms with Gasteiger partial charge in [-0.25, -0.2) is 20.0 Å². The fourth-order valence-electron chi connectivity index (χ4n) is 5.93. The molecule has 4 heterocycles. The molecule has 0 radical (unpaired) electrons. The van der Waals surface area contributed by atoms with Gasteiger partial charge in [-0.2, -0.15) is 0 Å². The molecule has 2 unspecified atom stereocenters. The van der Waals surface area contributed by atoms with E-state index >= 15 is 0 Å². The van der Waals surface area contributed by atoms with Crippen LogP contribution in [0, 0.1) is 12.3 Å². The number of H-pyrrole nitrogens is 1. The third-order valence-corrected chi connectivity index (χ3v) is 8.14. The van der Waals surface area contributed by atoms with Crippen LogP contribution >= 0.6 is 0 Å². The number of nitrogens with one attached hydrogen (secondary N) is 2. The van der Waals surface area contributed by atoms with E-state index in [-0.39, 0.29) is 11.9 Å². The second-order valence-electron chi connectivity index (χ2n) is 11.3. The van der Waals surface area contributed by atoms with Gasteiger partial charge in [-0.15, -0.1) is 12.3 Å². The van der Waals surface area contributed by atoms with Crippen LogP contribution < -0.4 is 11.1 Å². The van der Waals surface area contributed by atoms with Gasteiger partial charge in [0.15, 0.2) is 17.3 Å². The number of para-hydroxylation sites is 1. The first-order valence-corrected chi connectivity index (χ1v) is 14.4. The van der Waals surface area contributed by atoms with Crippen LogP contribution in [0.1, 0.15) is 59.1 Å². The number of nitrogens with two attached hydrogens (primary N) is 1. The average Bonchev–Trinajstić information content (AvgIpc) is 3.58. The Labute approximate surface area is 254 Å². The number of amides is 1. The number of carbonyl (C=O) groups excluding carboxylic acids is 1. The van der Waals surface area contributed by atoms with Crippen LogP contribution in [0.25, 0.3) is 11.3 Å². The van der Waals surface area contributed by atoms with Crippen molar-refractivity contribution in [3.63, 3.8) is 0 Å². The third kappa shape index (κ3) is 4.37. The molecule has 0 saturated carbocycles. The van der Waals surface area contributed by atoms with Crippen molar-refractivity contribution in [2.75, 3.05) is 12.3 Å². The maximum absolute atomic E-state index is 12.9. The first-order valence-electron chi connectivity index (χ1n) is 14.4. The van der Waals surface area contributed by atoms with Crippen molar-refractivity contribution in [3.05, 3.63) is 101 Å². The molecule has 10 nitrogen and oxygen atoms in total. The van der Waals surface area contributed by atoms with Crippen molar-refractivity contribution in [1.82, 2.24) is 20.2 Å². The number of amidine groups is 1. The Hall–Kier alpha value is -5.53. The van der Waals surface area contributed by atoms with Gasteiger partial charge < -0.3 is 21.1 Å². The largest absolute Gasteiger partial charge is 0.386 e. The van der Waals surface area contributed by atoms with Crippen molar-refractivity contribution in [1.29, 1.82) is 0 Å². The molecule has 2 atom stereocenters. The minimum atomic E-state index is -1.25. The lowest BCUT2D eigenvalue weighted by atomic mass is 9.81. The first-order chi connectivity index (χ1) is 21.3. The van der Waals surface area contributed by atoms with Crippen molar-refractivity contribution >= 4 is 46.8 Å². The standard InChI is InChI=1S/C34H30N8O2/c1-3-4-7-19-36-29(43)22-10-12-23(13-11-22)34(28-27(39-31(35)40-28)21-14-17-33(2,44)18-15-21)30-38-25-9-6-5-8-24(25)26-16-20-37-32(41-34)42(26)30/h1,5-6,8-17,20,44H,4,7,18-19H2,2H3,(H,36,43)(H3,35,39,40). The highest BCUT2D eigenvalue weighted by molar-refractivity contribution is 6.24. The van der Waals surface area contributed by atoms with E-state index in [2.05, 4.69) is 21.2 Å². The van der Waals surface area contributed by atoms with Crippen molar-refractivity contribution in [3.8, 4) is 12.3 Å². The molecule has 1 aromatic heterocycles. The Balaban J connectivity index is 1.41. The molecule has 0 fully saturated rings. The molecule has 0 spiro atoms. The summed E-state index contributed by atoms with van der Waals surface area (Å²) in [6.45, 7) is 2.25. The molecule has 4 aliphatic rings. The number of imidazole rings is 1. The summed E-state index contributed by atoms with van der Waals surface area (Å²) in [5, 5.41) is 13.5. The number of carbonyl (C=O) groups is 1. The number of hydrogen-bond acceptors (Lipinski definition) is 8. The van der Waals surface area contributed by atoms with Gasteiger partial charge >= 0.3 is 0 Å². The van der Waals surface area contributed by atoms with E-state index in [1.807, 2.05) is 59.5 Å². The van der Waals surface area contributed by atoms with E-state index in [9.17, 15) is 9.90 Å². The van der Waals surface area contributed by atoms with Gasteiger partial charge in [0.25, 0.3) is 5.91 Å². The zero-order valence-electron chi connectivity index (χ0n) is 24.1. The molecule has 3 aliphatic heterocycles. The molecule has 5 N–H and O–H groups in total. The van der Waals surface area contributed by atoms with Crippen LogP contribution in [0.4, 0.5) is 11.6 Å². The van der Waals surface area contributed by atoms with Gasteiger partial charge in [-0.1, -0.05) is 48.6 Å². The van der Waals surface area contributed by atoms with Crippen molar-refractivity contribution in [2.45, 2.75) is 37.3 Å². The molecule has 10 heteroatoms. The van der Waals surface area contributed by atoms with Crippen molar-refractivity contribution < 1.29 is 9.90 Å². The molecule has 0 bridgehead atoms. The first kappa shape index (κ1) is 27.3. The minimum absolute atomic E-state index is 0.187. The van der Waals surface area contributed by atoms with E-state index in [0.717, 1.165) is 28.1 Å². The van der Waals surface area contributed by atoms with Crippen LogP contribution in [-0.4, -0.2) is 56.0 Å². The van der Waals surface area contributed by atoms with Gasteiger partial charge in [0, 0.05) is 30.3 Å². The monoisotopic (exact) mass is 582 g/mol. The molecule has 218 valence electrons. The summed E-state index contributed by atoms with van der Waals surface area (Å²) in [7, 11) is 0.